The van der Waals surface area contributed by atoms with Gasteiger partial charge < -0.3 is 9.30 Å². The fourth-order valence-corrected chi connectivity index (χ4v) is 4.64. The monoisotopic (exact) mass is 570 g/mol. The molecule has 0 bridgehead atoms. The molecular weight excluding hydrogens is 548 g/mol. The molecule has 8 nitrogen and oxygen atoms in total. The summed E-state index contributed by atoms with van der Waals surface area (Å²) in [4.78, 5) is 49.1. The molecule has 0 unspecified atom stereocenters. The summed E-state index contributed by atoms with van der Waals surface area (Å²) >= 11 is 3.38. The predicted octanol–water partition coefficient (Wildman–Crippen LogP) is 4.57. The molecule has 0 saturated carbocycles. The van der Waals surface area contributed by atoms with Crippen LogP contribution in [0.4, 0.5) is 0 Å². The second-order valence-corrected chi connectivity index (χ2v) is 9.42. The van der Waals surface area contributed by atoms with Crippen molar-refractivity contribution in [2.75, 3.05) is 6.61 Å². The van der Waals surface area contributed by atoms with E-state index in [2.05, 4.69) is 20.9 Å². The molecule has 2 aromatic carbocycles. The zero-order valence-electron chi connectivity index (χ0n) is 20.5. The summed E-state index contributed by atoms with van der Waals surface area (Å²) in [6.45, 7) is 2.12. The third-order valence-corrected chi connectivity index (χ3v) is 6.52. The quantitative estimate of drug-likeness (QED) is 0.220. The highest BCUT2D eigenvalue weighted by molar-refractivity contribution is 9.10. The maximum Gasteiger partial charge on any atom is 0.341 e. The van der Waals surface area contributed by atoms with Crippen LogP contribution in [-0.2, 0) is 17.7 Å². The molecule has 3 heterocycles. The lowest BCUT2D eigenvalue weighted by Crippen LogP contribution is -2.33. The zero-order valence-corrected chi connectivity index (χ0v) is 22.1. The molecule has 1 amide bonds. The van der Waals surface area contributed by atoms with Crippen LogP contribution in [0.1, 0.15) is 33.2 Å². The van der Waals surface area contributed by atoms with Crippen molar-refractivity contribution in [3.63, 3.8) is 0 Å². The van der Waals surface area contributed by atoms with Gasteiger partial charge in [0.1, 0.15) is 16.9 Å². The summed E-state index contributed by atoms with van der Waals surface area (Å²) < 4.78 is 9.12. The second-order valence-electron chi connectivity index (χ2n) is 8.50. The van der Waals surface area contributed by atoms with Crippen LogP contribution in [0.25, 0.3) is 16.7 Å². The Hall–Kier alpha value is -4.37. The van der Waals surface area contributed by atoms with Crippen molar-refractivity contribution >= 4 is 44.5 Å². The summed E-state index contributed by atoms with van der Waals surface area (Å²) in [5, 5.41) is 0.221. The zero-order chi connectivity index (χ0) is 26.6. The molecular formula is C29H23BrN4O4. The van der Waals surface area contributed by atoms with Gasteiger partial charge in [0, 0.05) is 22.8 Å². The fraction of sp³-hybridized carbons (Fsp3) is 0.138. The molecule has 0 N–H and O–H groups in total. The number of rotatable bonds is 6. The van der Waals surface area contributed by atoms with Gasteiger partial charge in [0.2, 0.25) is 0 Å². The highest BCUT2D eigenvalue weighted by Crippen LogP contribution is 2.15. The molecule has 0 aliphatic heterocycles. The highest BCUT2D eigenvalue weighted by atomic mass is 79.9. The minimum absolute atomic E-state index is 0.0190. The number of pyridine rings is 2. The molecule has 0 saturated heterocycles. The van der Waals surface area contributed by atoms with Crippen LogP contribution in [0.5, 0.6) is 0 Å². The predicted molar refractivity (Wildman–Crippen MR) is 147 cm³/mol. The van der Waals surface area contributed by atoms with E-state index in [9.17, 15) is 14.4 Å². The lowest BCUT2D eigenvalue weighted by Gasteiger charge is -2.15. The van der Waals surface area contributed by atoms with E-state index in [1.165, 1.54) is 10.5 Å². The maximum absolute atomic E-state index is 13.5. The Bertz CT molecular complexity index is 1810. The smallest absolute Gasteiger partial charge is 0.341 e. The van der Waals surface area contributed by atoms with Gasteiger partial charge in [-0.1, -0.05) is 58.4 Å². The number of nitrogens with zero attached hydrogens (tertiary/aromatic N) is 4. The number of hydrogen-bond acceptors (Lipinski definition) is 5. The van der Waals surface area contributed by atoms with Crippen molar-refractivity contribution in [3.05, 3.63) is 122 Å². The number of carbonyl (C=O) groups is 2. The van der Waals surface area contributed by atoms with Crippen LogP contribution in [0.15, 0.2) is 99.3 Å². The van der Waals surface area contributed by atoms with Gasteiger partial charge in [-0.25, -0.2) is 9.78 Å². The van der Waals surface area contributed by atoms with Crippen molar-refractivity contribution in [1.82, 2.24) is 14.0 Å². The van der Waals surface area contributed by atoms with Crippen LogP contribution in [0.2, 0.25) is 0 Å². The van der Waals surface area contributed by atoms with Crippen LogP contribution in [0.3, 0.4) is 0 Å². The van der Waals surface area contributed by atoms with Crippen molar-refractivity contribution in [2.24, 2.45) is 4.99 Å². The summed E-state index contributed by atoms with van der Waals surface area (Å²) in [6.07, 6.45) is 2.17. The van der Waals surface area contributed by atoms with Crippen molar-refractivity contribution in [3.8, 4) is 0 Å². The Morgan fingerprint density at radius 1 is 1.00 bits per heavy atom. The normalized spacial score (nSPS) is 11.7. The fourth-order valence-electron chi connectivity index (χ4n) is 4.24. The first-order chi connectivity index (χ1) is 18.5. The van der Waals surface area contributed by atoms with Gasteiger partial charge >= 0.3 is 5.97 Å². The molecule has 0 fully saturated rings. The Morgan fingerprint density at radius 3 is 2.55 bits per heavy atom. The van der Waals surface area contributed by atoms with Crippen molar-refractivity contribution in [1.29, 1.82) is 0 Å². The van der Waals surface area contributed by atoms with Gasteiger partial charge in [-0.3, -0.25) is 14.0 Å². The first kappa shape index (κ1) is 25.3. The molecule has 0 atom stereocenters. The van der Waals surface area contributed by atoms with Gasteiger partial charge in [-0.15, -0.1) is 0 Å². The van der Waals surface area contributed by atoms with Crippen LogP contribution in [-0.4, -0.2) is 32.4 Å². The third-order valence-electron chi connectivity index (χ3n) is 6.03. The summed E-state index contributed by atoms with van der Waals surface area (Å²) in [6, 6.07) is 23.3. The maximum atomic E-state index is 13.5. The number of benzene rings is 2. The highest BCUT2D eigenvalue weighted by Gasteiger charge is 2.20. The standard InChI is InChI=1S/C29H23BrN4O4/c1-2-38-29(37)23-18-22-25(31-24-13-6-7-15-33(24)28(22)36)34(16-14-19-9-4-3-5-10-19)26(23)32-27(35)20-11-8-12-21(30)17-20/h3-13,15,17-18H,2,14,16H2,1H3. The van der Waals surface area contributed by atoms with Gasteiger partial charge in [0.15, 0.2) is 5.49 Å². The van der Waals surface area contributed by atoms with Crippen LogP contribution >= 0.6 is 15.9 Å². The molecule has 5 aromatic rings. The number of amides is 1. The molecule has 9 heteroatoms. The molecule has 38 heavy (non-hydrogen) atoms. The number of aromatic nitrogens is 3. The van der Waals surface area contributed by atoms with Crippen molar-refractivity contribution < 1.29 is 14.3 Å². The molecule has 190 valence electrons. The second kappa shape index (κ2) is 10.9. The molecule has 0 aliphatic carbocycles. The number of fused-ring (bicyclic) bond motifs is 2. The molecule has 0 spiro atoms. The van der Waals surface area contributed by atoms with Crippen LogP contribution in [0, 0.1) is 0 Å². The lowest BCUT2D eigenvalue weighted by atomic mass is 10.1. The van der Waals surface area contributed by atoms with E-state index in [4.69, 9.17) is 9.72 Å². The number of aryl methyl sites for hydroxylation is 2. The van der Waals surface area contributed by atoms with Gasteiger partial charge in [0.25, 0.3) is 11.5 Å². The Morgan fingerprint density at radius 2 is 1.79 bits per heavy atom. The van der Waals surface area contributed by atoms with E-state index >= 15 is 0 Å². The number of esters is 1. The third kappa shape index (κ3) is 5.05. The topological polar surface area (TPSA) is 95.0 Å². The van der Waals surface area contributed by atoms with Gasteiger partial charge in [-0.05, 0) is 55.3 Å². The average Bonchev–Trinajstić information content (AvgIpc) is 2.93. The average molecular weight is 571 g/mol. The number of hydrogen-bond donors (Lipinski definition) is 0. The molecule has 3 aromatic heterocycles. The summed E-state index contributed by atoms with van der Waals surface area (Å²) in [5.74, 6) is -1.22. The SMILES string of the molecule is CCOC(=O)c1cc2c(=O)n3ccccc3nc2n(CCc2ccccc2)c1=NC(=O)c1cccc(Br)c1. The van der Waals surface area contributed by atoms with Gasteiger partial charge in [-0.2, -0.15) is 4.99 Å². The van der Waals surface area contributed by atoms with E-state index in [-0.39, 0.29) is 28.6 Å². The van der Waals surface area contributed by atoms with Crippen molar-refractivity contribution in [2.45, 2.75) is 19.9 Å². The lowest BCUT2D eigenvalue weighted by molar-refractivity contribution is 0.0523. The van der Waals surface area contributed by atoms with Crippen LogP contribution < -0.4 is 11.0 Å². The minimum atomic E-state index is -0.679. The minimum Gasteiger partial charge on any atom is -0.462 e. The van der Waals surface area contributed by atoms with E-state index < -0.39 is 11.9 Å². The number of halogens is 1. The number of ether oxygens (including phenoxy) is 1. The van der Waals surface area contributed by atoms with Gasteiger partial charge in [0.05, 0.1) is 12.0 Å². The van der Waals surface area contributed by atoms with E-state index in [1.54, 1.807) is 60.2 Å². The Labute approximate surface area is 226 Å². The molecule has 5 rings (SSSR count). The summed E-state index contributed by atoms with van der Waals surface area (Å²) in [7, 11) is 0. The molecule has 0 radical (unpaired) electrons. The number of carbonyl (C=O) groups excluding carboxylic acids is 2. The summed E-state index contributed by atoms with van der Waals surface area (Å²) in [5.41, 5.74) is 1.91. The van der Waals surface area contributed by atoms with E-state index in [0.29, 0.717) is 29.8 Å². The Balaban J connectivity index is 1.84. The first-order valence-corrected chi connectivity index (χ1v) is 12.9. The Kier molecular flexibility index (Phi) is 7.28. The van der Waals surface area contributed by atoms with E-state index in [0.717, 1.165) is 10.0 Å². The first-order valence-electron chi connectivity index (χ1n) is 12.1. The van der Waals surface area contributed by atoms with E-state index in [1.807, 2.05) is 30.3 Å². The largest absolute Gasteiger partial charge is 0.462 e. The molecule has 0 aliphatic rings.